The number of carbonyl (C=O) groups is 2. The highest BCUT2D eigenvalue weighted by Gasteiger charge is 2.42. The summed E-state index contributed by atoms with van der Waals surface area (Å²) in [6.07, 6.45) is 0.627. The van der Waals surface area contributed by atoms with E-state index in [1.165, 1.54) is 0 Å². The van der Waals surface area contributed by atoms with Crippen molar-refractivity contribution in [2.45, 2.75) is 45.7 Å². The van der Waals surface area contributed by atoms with Crippen molar-refractivity contribution in [2.75, 3.05) is 18.1 Å². The summed E-state index contributed by atoms with van der Waals surface area (Å²) in [5.74, 6) is 1.91. The molecule has 0 aliphatic carbocycles. The normalized spacial score (nSPS) is 26.9. The largest absolute Gasteiger partial charge is 0.340 e. The van der Waals surface area contributed by atoms with Gasteiger partial charge in [0.1, 0.15) is 5.54 Å². The summed E-state index contributed by atoms with van der Waals surface area (Å²) in [7, 11) is 0. The van der Waals surface area contributed by atoms with Crippen molar-refractivity contribution >= 4 is 23.6 Å². The highest BCUT2D eigenvalue weighted by atomic mass is 32.2. The van der Waals surface area contributed by atoms with Gasteiger partial charge in [0.15, 0.2) is 0 Å². The van der Waals surface area contributed by atoms with Gasteiger partial charge in [-0.1, -0.05) is 13.8 Å². The summed E-state index contributed by atoms with van der Waals surface area (Å²) < 4.78 is 0. The number of carbonyl (C=O) groups excluding carboxylic acids is 2. The van der Waals surface area contributed by atoms with Crippen LogP contribution in [0.15, 0.2) is 0 Å². The number of nitrogens with zero attached hydrogens (tertiary/aromatic N) is 1. The van der Waals surface area contributed by atoms with Crippen LogP contribution in [0.5, 0.6) is 0 Å². The monoisotopic (exact) mass is 258 g/mol. The fraction of sp³-hybridized carbons (Fsp3) is 0.833. The Labute approximate surface area is 108 Å². The van der Waals surface area contributed by atoms with Crippen LogP contribution in [0.1, 0.15) is 34.1 Å². The quantitative estimate of drug-likeness (QED) is 0.807. The number of hydrogen-bond donors (Lipinski definition) is 1. The molecule has 1 heterocycles. The second kappa shape index (κ2) is 5.76. The second-order valence-corrected chi connectivity index (χ2v) is 5.99. The van der Waals surface area contributed by atoms with Crippen molar-refractivity contribution in [3.8, 4) is 0 Å². The summed E-state index contributed by atoms with van der Waals surface area (Å²) in [6.45, 7) is 8.03. The Morgan fingerprint density at radius 1 is 1.47 bits per heavy atom. The standard InChI is InChI=1S/C12H22N2O2S/c1-5-12(4)11(16)14(7-10(15)13-12)9(3)8-17-6-2/h9H,5-8H2,1-4H3,(H,13,15). The van der Waals surface area contributed by atoms with E-state index in [0.717, 1.165) is 11.5 Å². The van der Waals surface area contributed by atoms with Gasteiger partial charge in [-0.2, -0.15) is 11.8 Å². The first-order chi connectivity index (χ1) is 7.94. The zero-order valence-electron chi connectivity index (χ0n) is 11.1. The molecule has 4 nitrogen and oxygen atoms in total. The average Bonchev–Trinajstić information content (AvgIpc) is 2.30. The van der Waals surface area contributed by atoms with Crippen LogP contribution >= 0.6 is 11.8 Å². The van der Waals surface area contributed by atoms with E-state index in [1.54, 1.807) is 23.6 Å². The van der Waals surface area contributed by atoms with E-state index < -0.39 is 5.54 Å². The number of piperazine rings is 1. The van der Waals surface area contributed by atoms with E-state index in [-0.39, 0.29) is 24.4 Å². The number of rotatable bonds is 5. The summed E-state index contributed by atoms with van der Waals surface area (Å²) >= 11 is 1.80. The zero-order valence-corrected chi connectivity index (χ0v) is 11.9. The molecular formula is C12H22N2O2S. The van der Waals surface area contributed by atoms with Gasteiger partial charge in [0.25, 0.3) is 0 Å². The highest BCUT2D eigenvalue weighted by Crippen LogP contribution is 2.21. The summed E-state index contributed by atoms with van der Waals surface area (Å²) in [5, 5.41) is 2.80. The molecule has 0 bridgehead atoms. The lowest BCUT2D eigenvalue weighted by Crippen LogP contribution is -2.66. The molecule has 1 saturated heterocycles. The molecule has 0 saturated carbocycles. The van der Waals surface area contributed by atoms with Crippen molar-refractivity contribution in [1.82, 2.24) is 10.2 Å². The van der Waals surface area contributed by atoms with Gasteiger partial charge in [-0.25, -0.2) is 0 Å². The maximum atomic E-state index is 12.3. The van der Waals surface area contributed by atoms with Gasteiger partial charge < -0.3 is 10.2 Å². The minimum Gasteiger partial charge on any atom is -0.340 e. The minimum absolute atomic E-state index is 0.0452. The molecule has 1 aliphatic rings. The van der Waals surface area contributed by atoms with Gasteiger partial charge in [0, 0.05) is 11.8 Å². The molecule has 5 heteroatoms. The van der Waals surface area contributed by atoms with E-state index in [2.05, 4.69) is 12.2 Å². The Morgan fingerprint density at radius 3 is 2.65 bits per heavy atom. The molecule has 0 aromatic carbocycles. The third-order valence-corrected chi connectivity index (χ3v) is 4.39. The van der Waals surface area contributed by atoms with Crippen LogP contribution in [-0.2, 0) is 9.59 Å². The summed E-state index contributed by atoms with van der Waals surface area (Å²) in [5.41, 5.74) is -0.722. The van der Waals surface area contributed by atoms with Crippen molar-refractivity contribution in [2.24, 2.45) is 0 Å². The van der Waals surface area contributed by atoms with Gasteiger partial charge >= 0.3 is 0 Å². The predicted octanol–water partition coefficient (Wildman–Crippen LogP) is 1.26. The molecule has 0 aromatic rings. The Balaban J connectivity index is 2.77. The molecule has 2 unspecified atom stereocenters. The van der Waals surface area contributed by atoms with Crippen LogP contribution in [0.2, 0.25) is 0 Å². The van der Waals surface area contributed by atoms with Crippen LogP contribution in [0.4, 0.5) is 0 Å². The molecule has 1 rings (SSSR count). The molecular weight excluding hydrogens is 236 g/mol. The smallest absolute Gasteiger partial charge is 0.248 e. The molecule has 0 aromatic heterocycles. The fourth-order valence-electron chi connectivity index (χ4n) is 1.92. The maximum Gasteiger partial charge on any atom is 0.248 e. The Hall–Kier alpha value is -0.710. The van der Waals surface area contributed by atoms with Crippen LogP contribution in [0.25, 0.3) is 0 Å². The first-order valence-electron chi connectivity index (χ1n) is 6.14. The average molecular weight is 258 g/mol. The number of thioether (sulfide) groups is 1. The molecule has 1 aliphatic heterocycles. The lowest BCUT2D eigenvalue weighted by Gasteiger charge is -2.42. The number of amides is 2. The highest BCUT2D eigenvalue weighted by molar-refractivity contribution is 7.99. The summed E-state index contributed by atoms with van der Waals surface area (Å²) in [4.78, 5) is 25.7. The molecule has 0 spiro atoms. The summed E-state index contributed by atoms with van der Waals surface area (Å²) in [6, 6.07) is 0.115. The second-order valence-electron chi connectivity index (χ2n) is 4.68. The third kappa shape index (κ3) is 3.15. The van der Waals surface area contributed by atoms with Crippen LogP contribution < -0.4 is 5.32 Å². The topological polar surface area (TPSA) is 49.4 Å². The van der Waals surface area contributed by atoms with Gasteiger partial charge in [0.05, 0.1) is 6.54 Å². The molecule has 1 N–H and O–H groups in total. The maximum absolute atomic E-state index is 12.3. The molecule has 98 valence electrons. The van der Waals surface area contributed by atoms with Crippen molar-refractivity contribution < 1.29 is 9.59 Å². The third-order valence-electron chi connectivity index (χ3n) is 3.26. The van der Waals surface area contributed by atoms with E-state index in [1.807, 2.05) is 13.8 Å². The van der Waals surface area contributed by atoms with Gasteiger partial charge in [-0.15, -0.1) is 0 Å². The van der Waals surface area contributed by atoms with E-state index >= 15 is 0 Å². The fourth-order valence-corrected chi connectivity index (χ4v) is 2.67. The lowest BCUT2D eigenvalue weighted by atomic mass is 9.93. The van der Waals surface area contributed by atoms with E-state index in [4.69, 9.17) is 0 Å². The van der Waals surface area contributed by atoms with Gasteiger partial charge in [0.2, 0.25) is 11.8 Å². The first kappa shape index (κ1) is 14.4. The predicted molar refractivity (Wildman–Crippen MR) is 71.0 cm³/mol. The zero-order chi connectivity index (χ0) is 13.1. The van der Waals surface area contributed by atoms with Crippen LogP contribution in [0.3, 0.4) is 0 Å². The van der Waals surface area contributed by atoms with E-state index in [9.17, 15) is 9.59 Å². The minimum atomic E-state index is -0.722. The molecule has 2 amide bonds. The SMILES string of the molecule is CCSCC(C)N1CC(=O)NC(C)(CC)C1=O. The molecule has 1 fully saturated rings. The Morgan fingerprint density at radius 2 is 2.12 bits per heavy atom. The van der Waals surface area contributed by atoms with Gasteiger partial charge in [-0.05, 0) is 26.0 Å². The lowest BCUT2D eigenvalue weighted by molar-refractivity contribution is -0.151. The molecule has 17 heavy (non-hydrogen) atoms. The molecule has 2 atom stereocenters. The van der Waals surface area contributed by atoms with Crippen molar-refractivity contribution in [1.29, 1.82) is 0 Å². The van der Waals surface area contributed by atoms with Gasteiger partial charge in [-0.3, -0.25) is 9.59 Å². The van der Waals surface area contributed by atoms with Crippen LogP contribution in [-0.4, -0.2) is 46.3 Å². The number of hydrogen-bond acceptors (Lipinski definition) is 3. The number of nitrogens with one attached hydrogen (secondary N) is 1. The van der Waals surface area contributed by atoms with Crippen LogP contribution in [0, 0.1) is 0 Å². The Kier molecular flexibility index (Phi) is 4.86. The van der Waals surface area contributed by atoms with Crippen molar-refractivity contribution in [3.05, 3.63) is 0 Å². The first-order valence-corrected chi connectivity index (χ1v) is 7.30. The van der Waals surface area contributed by atoms with E-state index in [0.29, 0.717) is 6.42 Å². The Bertz CT molecular complexity index is 309. The van der Waals surface area contributed by atoms with Crippen molar-refractivity contribution in [3.63, 3.8) is 0 Å². The molecule has 0 radical (unpaired) electrons.